The molecule has 1 atom stereocenters. The highest BCUT2D eigenvalue weighted by molar-refractivity contribution is 5.92. The van der Waals surface area contributed by atoms with Gasteiger partial charge in [0.1, 0.15) is 11.5 Å². The number of benzene rings is 2. The van der Waals surface area contributed by atoms with Crippen molar-refractivity contribution in [2.75, 3.05) is 19.0 Å². The average molecular weight is 357 g/mol. The number of aliphatic carboxylic acids is 1. The van der Waals surface area contributed by atoms with Crippen molar-refractivity contribution in [2.24, 2.45) is 0 Å². The van der Waals surface area contributed by atoms with Crippen LogP contribution in [0.15, 0.2) is 42.5 Å². The maximum Gasteiger partial charge on any atom is 0.341 e. The first-order valence-electron chi connectivity index (χ1n) is 8.28. The van der Waals surface area contributed by atoms with Crippen LogP contribution in [0.4, 0.5) is 5.69 Å². The average Bonchev–Trinajstić information content (AvgIpc) is 2.61. The molecule has 0 radical (unpaired) electrons. The number of rotatable bonds is 8. The second kappa shape index (κ2) is 8.89. The number of hydrogen-bond donors (Lipinski definition) is 2. The van der Waals surface area contributed by atoms with E-state index in [4.69, 9.17) is 14.6 Å². The first kappa shape index (κ1) is 19.3. The van der Waals surface area contributed by atoms with Crippen LogP contribution in [0.5, 0.6) is 11.5 Å². The van der Waals surface area contributed by atoms with Crippen LogP contribution in [0.3, 0.4) is 0 Å². The SMILES string of the molecule is COc1ccccc1C(C)CC(=O)Nc1ccc(OCC(=O)O)cc1C. The number of carbonyl (C=O) groups is 2. The van der Waals surface area contributed by atoms with Gasteiger partial charge in [-0.3, -0.25) is 4.79 Å². The van der Waals surface area contributed by atoms with Gasteiger partial charge in [-0.05, 0) is 48.2 Å². The van der Waals surface area contributed by atoms with Crippen molar-refractivity contribution in [1.29, 1.82) is 0 Å². The minimum Gasteiger partial charge on any atom is -0.496 e. The van der Waals surface area contributed by atoms with E-state index in [1.807, 2.05) is 38.1 Å². The zero-order valence-electron chi connectivity index (χ0n) is 15.1. The Morgan fingerprint density at radius 3 is 2.58 bits per heavy atom. The first-order chi connectivity index (χ1) is 12.4. The number of para-hydroxylation sites is 1. The molecule has 1 unspecified atom stereocenters. The summed E-state index contributed by atoms with van der Waals surface area (Å²) in [6.45, 7) is 3.40. The number of ether oxygens (including phenoxy) is 2. The van der Waals surface area contributed by atoms with Gasteiger partial charge in [-0.1, -0.05) is 25.1 Å². The summed E-state index contributed by atoms with van der Waals surface area (Å²) in [6.07, 6.45) is 0.317. The number of nitrogens with one attached hydrogen (secondary N) is 1. The van der Waals surface area contributed by atoms with Gasteiger partial charge in [0.25, 0.3) is 0 Å². The molecule has 0 saturated carbocycles. The van der Waals surface area contributed by atoms with Gasteiger partial charge in [0.05, 0.1) is 7.11 Å². The van der Waals surface area contributed by atoms with E-state index in [9.17, 15) is 9.59 Å². The van der Waals surface area contributed by atoms with E-state index in [1.54, 1.807) is 25.3 Å². The summed E-state index contributed by atoms with van der Waals surface area (Å²) < 4.78 is 10.5. The molecule has 0 heterocycles. The number of carbonyl (C=O) groups excluding carboxylic acids is 1. The standard InChI is InChI=1S/C20H23NO5/c1-13(16-6-4-5-7-18(16)25-3)11-19(22)21-17-9-8-15(10-14(17)2)26-12-20(23)24/h4-10,13H,11-12H2,1-3H3,(H,21,22)(H,23,24). The van der Waals surface area contributed by atoms with Gasteiger partial charge < -0.3 is 19.9 Å². The molecular formula is C20H23NO5. The lowest BCUT2D eigenvalue weighted by molar-refractivity contribution is -0.139. The third kappa shape index (κ3) is 5.24. The van der Waals surface area contributed by atoms with Crippen molar-refractivity contribution in [2.45, 2.75) is 26.2 Å². The third-order valence-electron chi connectivity index (χ3n) is 4.00. The number of carboxylic acids is 1. The Kier molecular flexibility index (Phi) is 6.60. The molecule has 6 heteroatoms. The number of amides is 1. The molecule has 0 saturated heterocycles. The topological polar surface area (TPSA) is 84.9 Å². The molecule has 138 valence electrons. The minimum absolute atomic E-state index is 0.00429. The van der Waals surface area contributed by atoms with Crippen molar-refractivity contribution in [3.05, 3.63) is 53.6 Å². The lowest BCUT2D eigenvalue weighted by atomic mass is 9.96. The van der Waals surface area contributed by atoms with E-state index in [0.717, 1.165) is 16.9 Å². The lowest BCUT2D eigenvalue weighted by Crippen LogP contribution is -2.15. The fraction of sp³-hybridized carbons (Fsp3) is 0.300. The molecule has 2 aromatic rings. The fourth-order valence-corrected chi connectivity index (χ4v) is 2.67. The van der Waals surface area contributed by atoms with E-state index in [0.29, 0.717) is 17.9 Å². The van der Waals surface area contributed by atoms with Gasteiger partial charge in [0.15, 0.2) is 6.61 Å². The van der Waals surface area contributed by atoms with Crippen molar-refractivity contribution in [1.82, 2.24) is 0 Å². The summed E-state index contributed by atoms with van der Waals surface area (Å²) in [5.74, 6) is 0.0786. The summed E-state index contributed by atoms with van der Waals surface area (Å²) in [4.78, 5) is 22.9. The second-order valence-electron chi connectivity index (χ2n) is 6.05. The van der Waals surface area contributed by atoms with Gasteiger partial charge >= 0.3 is 5.97 Å². The number of methoxy groups -OCH3 is 1. The number of anilines is 1. The Labute approximate surface area is 152 Å². The second-order valence-corrected chi connectivity index (χ2v) is 6.05. The van der Waals surface area contributed by atoms with Crippen LogP contribution in [-0.2, 0) is 9.59 Å². The van der Waals surface area contributed by atoms with Gasteiger partial charge in [-0.25, -0.2) is 4.79 Å². The monoisotopic (exact) mass is 357 g/mol. The lowest BCUT2D eigenvalue weighted by Gasteiger charge is -2.16. The summed E-state index contributed by atoms with van der Waals surface area (Å²) in [7, 11) is 1.61. The zero-order chi connectivity index (χ0) is 19.1. The molecule has 6 nitrogen and oxygen atoms in total. The maximum absolute atomic E-state index is 12.4. The quantitative estimate of drug-likeness (QED) is 0.754. The molecule has 0 spiro atoms. The first-order valence-corrected chi connectivity index (χ1v) is 8.28. The molecule has 0 bridgehead atoms. The molecule has 0 aliphatic carbocycles. The number of hydrogen-bond acceptors (Lipinski definition) is 4. The smallest absolute Gasteiger partial charge is 0.341 e. The van der Waals surface area contributed by atoms with Crippen LogP contribution in [0.1, 0.15) is 30.4 Å². The van der Waals surface area contributed by atoms with Crippen LogP contribution >= 0.6 is 0 Å². The molecule has 1 amide bonds. The Morgan fingerprint density at radius 2 is 1.92 bits per heavy atom. The molecule has 2 N–H and O–H groups in total. The Balaban J connectivity index is 2.00. The van der Waals surface area contributed by atoms with E-state index >= 15 is 0 Å². The summed E-state index contributed by atoms with van der Waals surface area (Å²) >= 11 is 0. The van der Waals surface area contributed by atoms with E-state index in [1.165, 1.54) is 0 Å². The fourth-order valence-electron chi connectivity index (χ4n) is 2.67. The van der Waals surface area contributed by atoms with E-state index in [2.05, 4.69) is 5.32 Å². The highest BCUT2D eigenvalue weighted by atomic mass is 16.5. The van der Waals surface area contributed by atoms with Crippen LogP contribution in [-0.4, -0.2) is 30.7 Å². The highest BCUT2D eigenvalue weighted by Gasteiger charge is 2.16. The summed E-state index contributed by atoms with van der Waals surface area (Å²) in [5, 5.41) is 11.5. The largest absolute Gasteiger partial charge is 0.496 e. The van der Waals surface area contributed by atoms with E-state index in [-0.39, 0.29) is 11.8 Å². The van der Waals surface area contributed by atoms with Crippen LogP contribution in [0.25, 0.3) is 0 Å². The number of aryl methyl sites for hydroxylation is 1. The summed E-state index contributed by atoms with van der Waals surface area (Å²) in [5.41, 5.74) is 2.45. The zero-order valence-corrected chi connectivity index (χ0v) is 15.1. The molecular weight excluding hydrogens is 334 g/mol. The molecule has 0 aliphatic heterocycles. The Morgan fingerprint density at radius 1 is 1.19 bits per heavy atom. The highest BCUT2D eigenvalue weighted by Crippen LogP contribution is 2.29. The van der Waals surface area contributed by atoms with Gasteiger partial charge in [-0.15, -0.1) is 0 Å². The predicted octanol–water partition coefficient (Wildman–Crippen LogP) is 3.60. The normalized spacial score (nSPS) is 11.5. The van der Waals surface area contributed by atoms with Gasteiger partial charge in [0, 0.05) is 12.1 Å². The molecule has 0 aromatic heterocycles. The number of carboxylic acid groups (broad SMARTS) is 1. The van der Waals surface area contributed by atoms with Crippen LogP contribution in [0, 0.1) is 6.92 Å². The molecule has 0 aliphatic rings. The van der Waals surface area contributed by atoms with Gasteiger partial charge in [0.2, 0.25) is 5.91 Å². The van der Waals surface area contributed by atoms with Crippen LogP contribution < -0.4 is 14.8 Å². The minimum atomic E-state index is -1.04. The Hall–Kier alpha value is -3.02. The maximum atomic E-state index is 12.4. The van der Waals surface area contributed by atoms with Crippen LogP contribution in [0.2, 0.25) is 0 Å². The Bertz CT molecular complexity index is 788. The molecule has 26 heavy (non-hydrogen) atoms. The molecule has 0 fully saturated rings. The van der Waals surface area contributed by atoms with E-state index < -0.39 is 12.6 Å². The predicted molar refractivity (Wildman–Crippen MR) is 99.0 cm³/mol. The van der Waals surface area contributed by atoms with Crippen molar-refractivity contribution >= 4 is 17.6 Å². The van der Waals surface area contributed by atoms with Crippen molar-refractivity contribution in [3.63, 3.8) is 0 Å². The van der Waals surface area contributed by atoms with Gasteiger partial charge in [-0.2, -0.15) is 0 Å². The summed E-state index contributed by atoms with van der Waals surface area (Å²) in [6, 6.07) is 12.7. The van der Waals surface area contributed by atoms with Crippen molar-refractivity contribution < 1.29 is 24.2 Å². The molecule has 2 aromatic carbocycles. The van der Waals surface area contributed by atoms with Crippen molar-refractivity contribution in [3.8, 4) is 11.5 Å². The molecule has 2 rings (SSSR count). The third-order valence-corrected chi connectivity index (χ3v) is 4.00.